The van der Waals surface area contributed by atoms with Crippen molar-refractivity contribution in [2.24, 2.45) is 0 Å². The summed E-state index contributed by atoms with van der Waals surface area (Å²) >= 11 is 0. The summed E-state index contributed by atoms with van der Waals surface area (Å²) in [5.41, 5.74) is 1.58. The van der Waals surface area contributed by atoms with E-state index in [2.05, 4.69) is 5.32 Å². The molecule has 2 aromatic carbocycles. The Labute approximate surface area is 151 Å². The largest absolute Gasteiger partial charge is 0.480 e. The van der Waals surface area contributed by atoms with E-state index in [0.717, 1.165) is 11.1 Å². The van der Waals surface area contributed by atoms with E-state index >= 15 is 0 Å². The summed E-state index contributed by atoms with van der Waals surface area (Å²) in [5, 5.41) is 11.5. The molecule has 26 heavy (non-hydrogen) atoms. The summed E-state index contributed by atoms with van der Waals surface area (Å²) < 4.78 is 5.19. The number of carboxylic acid groups (broad SMARTS) is 1. The number of benzene rings is 2. The number of nitrogens with one attached hydrogen (secondary N) is 1. The third kappa shape index (κ3) is 6.05. The molecule has 2 rings (SSSR count). The van der Waals surface area contributed by atoms with Crippen molar-refractivity contribution < 1.29 is 24.2 Å². The Morgan fingerprint density at radius 1 is 1.00 bits per heavy atom. The summed E-state index contributed by atoms with van der Waals surface area (Å²) in [5.74, 6) is -1.56. The monoisotopic (exact) mass is 355 g/mol. The molecule has 2 atom stereocenters. The van der Waals surface area contributed by atoms with Gasteiger partial charge in [0.2, 0.25) is 0 Å². The lowest BCUT2D eigenvalue weighted by Gasteiger charge is -2.17. The van der Waals surface area contributed by atoms with Crippen molar-refractivity contribution in [3.05, 3.63) is 71.8 Å². The molecule has 0 aliphatic rings. The molecule has 0 fully saturated rings. The fraction of sp³-hybridized carbons (Fsp3) is 0.250. The molecule has 0 heterocycles. The highest BCUT2D eigenvalue weighted by Crippen LogP contribution is 2.16. The first-order valence-corrected chi connectivity index (χ1v) is 8.26. The minimum atomic E-state index is -1.33. The second-order valence-electron chi connectivity index (χ2n) is 5.90. The van der Waals surface area contributed by atoms with Crippen molar-refractivity contribution in [1.29, 1.82) is 0 Å². The van der Waals surface area contributed by atoms with Crippen LogP contribution in [0.4, 0.5) is 4.79 Å². The Hall–Kier alpha value is -3.15. The maximum atomic E-state index is 12.1. The molecule has 0 aliphatic heterocycles. The van der Waals surface area contributed by atoms with Crippen LogP contribution in [0.15, 0.2) is 60.7 Å². The topological polar surface area (TPSA) is 92.7 Å². The maximum Gasteiger partial charge on any atom is 0.408 e. The minimum absolute atomic E-state index is 0.113. The van der Waals surface area contributed by atoms with Gasteiger partial charge in [0, 0.05) is 12.8 Å². The van der Waals surface area contributed by atoms with Gasteiger partial charge in [0.05, 0.1) is 0 Å². The van der Waals surface area contributed by atoms with E-state index in [0.29, 0.717) is 0 Å². The number of carbonyl (C=O) groups excluding carboxylic acids is 2. The zero-order valence-electron chi connectivity index (χ0n) is 14.4. The van der Waals surface area contributed by atoms with Crippen LogP contribution in [0.25, 0.3) is 0 Å². The number of hydrogen-bond acceptors (Lipinski definition) is 4. The van der Waals surface area contributed by atoms with Gasteiger partial charge in [-0.05, 0) is 18.1 Å². The molecular formula is C20H21NO5. The molecule has 2 unspecified atom stereocenters. The van der Waals surface area contributed by atoms with Gasteiger partial charge in [-0.1, -0.05) is 60.7 Å². The molecule has 0 aliphatic carbocycles. The van der Waals surface area contributed by atoms with E-state index in [4.69, 9.17) is 4.74 Å². The highest BCUT2D eigenvalue weighted by Gasteiger charge is 2.25. The Balaban J connectivity index is 1.89. The summed E-state index contributed by atoms with van der Waals surface area (Å²) in [6, 6.07) is 16.8. The van der Waals surface area contributed by atoms with Crippen LogP contribution in [0.3, 0.4) is 0 Å². The molecule has 2 aromatic rings. The predicted octanol–water partition coefficient (Wildman–Crippen LogP) is 3.13. The molecule has 0 bridgehead atoms. The Kier molecular flexibility index (Phi) is 6.91. The van der Waals surface area contributed by atoms with Gasteiger partial charge in [-0.2, -0.15) is 0 Å². The van der Waals surface area contributed by atoms with Crippen LogP contribution in [0.5, 0.6) is 0 Å². The van der Waals surface area contributed by atoms with Crippen LogP contribution in [0.2, 0.25) is 0 Å². The van der Waals surface area contributed by atoms with Gasteiger partial charge < -0.3 is 15.2 Å². The molecule has 0 aromatic heterocycles. The van der Waals surface area contributed by atoms with Crippen LogP contribution < -0.4 is 5.32 Å². The number of alkyl carbamates (subject to hydrolysis) is 1. The number of aliphatic carboxylic acids is 1. The van der Waals surface area contributed by atoms with Gasteiger partial charge in [-0.15, -0.1) is 0 Å². The van der Waals surface area contributed by atoms with E-state index < -0.39 is 24.2 Å². The van der Waals surface area contributed by atoms with Crippen molar-refractivity contribution >= 4 is 17.8 Å². The number of amides is 1. The fourth-order valence-corrected chi connectivity index (χ4v) is 2.45. The number of ketones is 1. The van der Waals surface area contributed by atoms with Crippen molar-refractivity contribution in [2.75, 3.05) is 0 Å². The van der Waals surface area contributed by atoms with Crippen LogP contribution >= 0.6 is 0 Å². The zero-order valence-corrected chi connectivity index (χ0v) is 14.4. The number of carboxylic acids is 1. The number of hydrogen-bond donors (Lipinski definition) is 2. The Morgan fingerprint density at radius 2 is 1.58 bits per heavy atom. The summed E-state index contributed by atoms with van der Waals surface area (Å²) in [6.07, 6.45) is -1.60. The Bertz CT molecular complexity index is 745. The first kappa shape index (κ1) is 19.2. The molecular weight excluding hydrogens is 334 g/mol. The molecule has 0 saturated carbocycles. The SMILES string of the molecule is CC(OC(=O)NC(CC(=O)Cc1ccccc1)C(=O)O)c1ccccc1. The molecule has 0 spiro atoms. The van der Waals surface area contributed by atoms with Gasteiger partial charge in [0.15, 0.2) is 0 Å². The van der Waals surface area contributed by atoms with Gasteiger partial charge in [-0.25, -0.2) is 9.59 Å². The standard InChI is InChI=1S/C20H21NO5/c1-14(16-10-6-3-7-11-16)26-20(25)21-18(19(23)24)13-17(22)12-15-8-4-2-5-9-15/h2-11,14,18H,12-13H2,1H3,(H,21,25)(H,23,24). The van der Waals surface area contributed by atoms with Crippen LogP contribution in [-0.2, 0) is 20.7 Å². The average molecular weight is 355 g/mol. The number of rotatable bonds is 8. The van der Waals surface area contributed by atoms with Gasteiger partial charge >= 0.3 is 12.1 Å². The van der Waals surface area contributed by atoms with Crippen molar-refractivity contribution in [3.8, 4) is 0 Å². The second-order valence-corrected chi connectivity index (χ2v) is 5.90. The summed E-state index contributed by atoms with van der Waals surface area (Å²) in [7, 11) is 0. The van der Waals surface area contributed by atoms with E-state index in [-0.39, 0.29) is 18.6 Å². The normalized spacial score (nSPS) is 12.7. The van der Waals surface area contributed by atoms with E-state index in [1.54, 1.807) is 43.3 Å². The zero-order chi connectivity index (χ0) is 18.9. The molecule has 2 N–H and O–H groups in total. The van der Waals surface area contributed by atoms with Crippen LogP contribution in [0, 0.1) is 0 Å². The Morgan fingerprint density at radius 3 is 2.15 bits per heavy atom. The van der Waals surface area contributed by atoms with Gasteiger partial charge in [-0.3, -0.25) is 4.79 Å². The third-order valence-corrected chi connectivity index (χ3v) is 3.82. The average Bonchev–Trinajstić information content (AvgIpc) is 2.62. The lowest BCUT2D eigenvalue weighted by atomic mass is 10.0. The first-order valence-electron chi connectivity index (χ1n) is 8.26. The molecule has 6 nitrogen and oxygen atoms in total. The van der Waals surface area contributed by atoms with Crippen LogP contribution in [0.1, 0.15) is 30.6 Å². The molecule has 136 valence electrons. The third-order valence-electron chi connectivity index (χ3n) is 3.82. The van der Waals surface area contributed by atoms with Gasteiger partial charge in [0.25, 0.3) is 0 Å². The highest BCUT2D eigenvalue weighted by molar-refractivity contribution is 5.89. The molecule has 1 amide bonds. The smallest absolute Gasteiger partial charge is 0.408 e. The number of ether oxygens (including phenoxy) is 1. The second kappa shape index (κ2) is 9.36. The maximum absolute atomic E-state index is 12.1. The van der Waals surface area contributed by atoms with Crippen molar-refractivity contribution in [2.45, 2.75) is 31.9 Å². The molecule has 6 heteroatoms. The molecule has 0 saturated heterocycles. The quantitative estimate of drug-likeness (QED) is 0.759. The predicted molar refractivity (Wildman–Crippen MR) is 95.7 cm³/mol. The lowest BCUT2D eigenvalue weighted by Crippen LogP contribution is -2.42. The van der Waals surface area contributed by atoms with E-state index in [1.165, 1.54) is 0 Å². The number of Topliss-reactive ketones (excluding diaryl/α,β-unsaturated/α-hetero) is 1. The highest BCUT2D eigenvalue weighted by atomic mass is 16.6. The molecule has 0 radical (unpaired) electrons. The summed E-state index contributed by atoms with van der Waals surface area (Å²) in [6.45, 7) is 1.69. The minimum Gasteiger partial charge on any atom is -0.480 e. The van der Waals surface area contributed by atoms with Crippen molar-refractivity contribution in [3.63, 3.8) is 0 Å². The summed E-state index contributed by atoms with van der Waals surface area (Å²) in [4.78, 5) is 35.4. The van der Waals surface area contributed by atoms with Gasteiger partial charge in [0.1, 0.15) is 17.9 Å². The van der Waals surface area contributed by atoms with Crippen LogP contribution in [-0.4, -0.2) is 29.0 Å². The lowest BCUT2D eigenvalue weighted by molar-refractivity contribution is -0.141. The first-order chi connectivity index (χ1) is 12.5. The van der Waals surface area contributed by atoms with E-state index in [1.807, 2.05) is 24.3 Å². The van der Waals surface area contributed by atoms with Crippen molar-refractivity contribution in [1.82, 2.24) is 5.32 Å². The number of carbonyl (C=O) groups is 3. The van der Waals surface area contributed by atoms with E-state index in [9.17, 15) is 19.5 Å². The fourth-order valence-electron chi connectivity index (χ4n) is 2.45.